The van der Waals surface area contributed by atoms with E-state index in [1.807, 2.05) is 48.5 Å². The van der Waals surface area contributed by atoms with E-state index in [9.17, 15) is 9.59 Å². The zero-order chi connectivity index (χ0) is 22.6. The molecule has 0 atom stereocenters. The van der Waals surface area contributed by atoms with Gasteiger partial charge in [-0.25, -0.2) is 4.98 Å². The van der Waals surface area contributed by atoms with E-state index in [1.165, 1.54) is 0 Å². The number of nitrogens with zero attached hydrogens (tertiary/aromatic N) is 2. The molecule has 0 saturated heterocycles. The van der Waals surface area contributed by atoms with Crippen LogP contribution >= 0.6 is 0 Å². The number of carbonyl (C=O) groups excluding carboxylic acids is 2. The van der Waals surface area contributed by atoms with Crippen molar-refractivity contribution < 1.29 is 14.3 Å². The number of benzene rings is 3. The molecule has 2 N–H and O–H groups in total. The van der Waals surface area contributed by atoms with Crippen LogP contribution < -0.4 is 15.4 Å². The number of aliphatic imine (C=N–C) groups is 1. The van der Waals surface area contributed by atoms with Crippen LogP contribution in [-0.4, -0.2) is 35.7 Å². The van der Waals surface area contributed by atoms with Gasteiger partial charge in [-0.1, -0.05) is 54.6 Å². The van der Waals surface area contributed by atoms with Crippen LogP contribution in [0.5, 0.6) is 5.88 Å². The first-order valence-corrected chi connectivity index (χ1v) is 10.5. The van der Waals surface area contributed by atoms with Crippen LogP contribution in [0.3, 0.4) is 0 Å². The molecule has 4 aromatic rings. The molecule has 3 aromatic carbocycles. The molecule has 2 heterocycles. The van der Waals surface area contributed by atoms with E-state index < -0.39 is 0 Å². The molecule has 7 heteroatoms. The minimum atomic E-state index is -0.285. The molecule has 0 spiro atoms. The number of nitrogens with one attached hydrogen (secondary N) is 2. The number of ether oxygens (including phenoxy) is 1. The number of hydrogen-bond donors (Lipinski definition) is 2. The van der Waals surface area contributed by atoms with Gasteiger partial charge < -0.3 is 15.4 Å². The third kappa shape index (κ3) is 4.43. The normalized spacial score (nSPS) is 12.8. The third-order valence-corrected chi connectivity index (χ3v) is 5.26. The van der Waals surface area contributed by atoms with E-state index in [0.29, 0.717) is 11.6 Å². The topological polar surface area (TPSA) is 92.7 Å². The van der Waals surface area contributed by atoms with Gasteiger partial charge in [0.25, 0.3) is 5.91 Å². The maximum Gasteiger partial charge on any atom is 0.262 e. The molecule has 0 bridgehead atoms. The Labute approximate surface area is 190 Å². The van der Waals surface area contributed by atoms with Gasteiger partial charge in [0, 0.05) is 34.5 Å². The molecular weight excluding hydrogens is 416 g/mol. The van der Waals surface area contributed by atoms with Gasteiger partial charge >= 0.3 is 0 Å². The second-order valence-corrected chi connectivity index (χ2v) is 7.50. The molecule has 0 fully saturated rings. The SMILES string of the molecule is O=C(COc1ccccn1)Nc1ccc(C2=NCC(=O)Nc3c2ccc2ccccc32)cc1. The predicted molar refractivity (Wildman–Crippen MR) is 128 cm³/mol. The van der Waals surface area contributed by atoms with Gasteiger partial charge in [0.2, 0.25) is 11.8 Å². The Morgan fingerprint density at radius 1 is 0.970 bits per heavy atom. The molecule has 5 rings (SSSR count). The smallest absolute Gasteiger partial charge is 0.262 e. The van der Waals surface area contributed by atoms with Crippen molar-refractivity contribution in [1.29, 1.82) is 0 Å². The molecular formula is C26H20N4O3. The lowest BCUT2D eigenvalue weighted by Crippen LogP contribution is -2.20. The second-order valence-electron chi connectivity index (χ2n) is 7.50. The molecule has 1 aliphatic rings. The van der Waals surface area contributed by atoms with E-state index in [2.05, 4.69) is 20.6 Å². The maximum atomic E-state index is 12.3. The minimum absolute atomic E-state index is 0.0433. The summed E-state index contributed by atoms with van der Waals surface area (Å²) in [6, 6.07) is 24.5. The summed E-state index contributed by atoms with van der Waals surface area (Å²) >= 11 is 0. The van der Waals surface area contributed by atoms with Crippen LogP contribution in [-0.2, 0) is 9.59 Å². The first kappa shape index (κ1) is 20.4. The monoisotopic (exact) mass is 436 g/mol. The van der Waals surface area contributed by atoms with Crippen LogP contribution in [0.2, 0.25) is 0 Å². The van der Waals surface area contributed by atoms with Crippen molar-refractivity contribution in [2.75, 3.05) is 23.8 Å². The fourth-order valence-electron chi connectivity index (χ4n) is 3.75. The fraction of sp³-hybridized carbons (Fsp3) is 0.0769. The lowest BCUT2D eigenvalue weighted by Gasteiger charge is -2.13. The molecule has 2 amide bonds. The maximum absolute atomic E-state index is 12.3. The van der Waals surface area contributed by atoms with E-state index in [-0.39, 0.29) is 25.0 Å². The second kappa shape index (κ2) is 8.92. The van der Waals surface area contributed by atoms with Crippen molar-refractivity contribution in [2.24, 2.45) is 4.99 Å². The summed E-state index contributed by atoms with van der Waals surface area (Å²) in [6.07, 6.45) is 1.60. The average Bonchev–Trinajstić information content (AvgIpc) is 3.02. The first-order chi connectivity index (χ1) is 16.2. The van der Waals surface area contributed by atoms with Crippen molar-refractivity contribution in [3.8, 4) is 5.88 Å². The van der Waals surface area contributed by atoms with Gasteiger partial charge in [0.05, 0.1) is 11.4 Å². The highest BCUT2D eigenvalue weighted by atomic mass is 16.5. The number of hydrogen-bond acceptors (Lipinski definition) is 5. The largest absolute Gasteiger partial charge is 0.468 e. The third-order valence-electron chi connectivity index (χ3n) is 5.26. The Hall–Kier alpha value is -4.52. The van der Waals surface area contributed by atoms with Gasteiger partial charge in [0.1, 0.15) is 6.54 Å². The Balaban J connectivity index is 1.36. The van der Waals surface area contributed by atoms with Gasteiger partial charge in [-0.2, -0.15) is 0 Å². The first-order valence-electron chi connectivity index (χ1n) is 10.5. The summed E-state index contributed by atoms with van der Waals surface area (Å²) in [5.41, 5.74) is 3.84. The summed E-state index contributed by atoms with van der Waals surface area (Å²) in [5, 5.41) is 7.82. The lowest BCUT2D eigenvalue weighted by atomic mass is 9.96. The van der Waals surface area contributed by atoms with Crippen molar-refractivity contribution in [3.63, 3.8) is 0 Å². The van der Waals surface area contributed by atoms with E-state index in [1.54, 1.807) is 36.5 Å². The molecule has 0 radical (unpaired) electrons. The Bertz CT molecular complexity index is 1370. The van der Waals surface area contributed by atoms with Crippen molar-refractivity contribution in [2.45, 2.75) is 0 Å². The zero-order valence-electron chi connectivity index (χ0n) is 17.6. The molecule has 162 valence electrons. The van der Waals surface area contributed by atoms with Crippen molar-refractivity contribution >= 4 is 39.7 Å². The molecule has 0 unspecified atom stereocenters. The summed E-state index contributed by atoms with van der Waals surface area (Å²) in [4.78, 5) is 33.1. The number of amides is 2. The summed E-state index contributed by atoms with van der Waals surface area (Å²) < 4.78 is 5.38. The van der Waals surface area contributed by atoms with Crippen LogP contribution in [0.4, 0.5) is 11.4 Å². The molecule has 1 aromatic heterocycles. The van der Waals surface area contributed by atoms with E-state index in [4.69, 9.17) is 4.74 Å². The van der Waals surface area contributed by atoms with Crippen LogP contribution in [0.25, 0.3) is 10.8 Å². The van der Waals surface area contributed by atoms with E-state index >= 15 is 0 Å². The van der Waals surface area contributed by atoms with Crippen LogP contribution in [0.1, 0.15) is 11.1 Å². The summed E-state index contributed by atoms with van der Waals surface area (Å²) in [5.74, 6) is -0.0464. The average molecular weight is 436 g/mol. The quantitative estimate of drug-likeness (QED) is 0.494. The number of aromatic nitrogens is 1. The van der Waals surface area contributed by atoms with Gasteiger partial charge in [-0.3, -0.25) is 14.6 Å². The van der Waals surface area contributed by atoms with Gasteiger partial charge in [-0.15, -0.1) is 0 Å². The molecule has 0 aliphatic carbocycles. The standard InChI is InChI=1S/C26H20N4O3/c31-22-15-28-25(21-13-10-17-5-1-2-6-20(17)26(21)30-22)18-8-11-19(12-9-18)29-23(32)16-33-24-7-3-4-14-27-24/h1-14H,15-16H2,(H,29,32)(H,30,31). The van der Waals surface area contributed by atoms with E-state index in [0.717, 1.165) is 33.3 Å². The van der Waals surface area contributed by atoms with Gasteiger partial charge in [-0.05, 0) is 23.6 Å². The van der Waals surface area contributed by atoms with Crippen molar-refractivity contribution in [3.05, 3.63) is 96.2 Å². The molecule has 1 aliphatic heterocycles. The van der Waals surface area contributed by atoms with Gasteiger partial charge in [0.15, 0.2) is 6.61 Å². The molecule has 33 heavy (non-hydrogen) atoms. The number of rotatable bonds is 5. The summed E-state index contributed by atoms with van der Waals surface area (Å²) in [6.45, 7) is -0.0958. The zero-order valence-corrected chi connectivity index (χ0v) is 17.6. The Kier molecular flexibility index (Phi) is 5.51. The molecule has 7 nitrogen and oxygen atoms in total. The summed E-state index contributed by atoms with van der Waals surface area (Å²) in [7, 11) is 0. The number of fused-ring (bicyclic) bond motifs is 3. The minimum Gasteiger partial charge on any atom is -0.468 e. The Morgan fingerprint density at radius 2 is 1.79 bits per heavy atom. The number of pyridine rings is 1. The molecule has 0 saturated carbocycles. The Morgan fingerprint density at radius 3 is 2.61 bits per heavy atom. The van der Waals surface area contributed by atoms with Crippen LogP contribution in [0, 0.1) is 0 Å². The number of carbonyl (C=O) groups is 2. The van der Waals surface area contributed by atoms with Crippen molar-refractivity contribution in [1.82, 2.24) is 4.98 Å². The highest BCUT2D eigenvalue weighted by Gasteiger charge is 2.20. The highest BCUT2D eigenvalue weighted by Crippen LogP contribution is 2.31. The predicted octanol–water partition coefficient (Wildman–Crippen LogP) is 4.04. The van der Waals surface area contributed by atoms with Crippen LogP contribution in [0.15, 0.2) is 90.1 Å². The lowest BCUT2D eigenvalue weighted by molar-refractivity contribution is -0.118. The number of anilines is 2. The highest BCUT2D eigenvalue weighted by molar-refractivity contribution is 6.23. The fourth-order valence-corrected chi connectivity index (χ4v) is 3.75.